The lowest BCUT2D eigenvalue weighted by molar-refractivity contribution is -0.704. The van der Waals surface area contributed by atoms with Gasteiger partial charge in [-0.25, -0.2) is 9.13 Å². The first-order valence-corrected chi connectivity index (χ1v) is 22.0. The van der Waals surface area contributed by atoms with Crippen LogP contribution in [0.3, 0.4) is 0 Å². The van der Waals surface area contributed by atoms with Crippen LogP contribution in [0.1, 0.15) is 231 Å². The van der Waals surface area contributed by atoms with Gasteiger partial charge in [-0.05, 0) is 24.8 Å². The van der Waals surface area contributed by atoms with Crippen LogP contribution >= 0.6 is 0 Å². The normalized spacial score (nSPS) is 11.5. The largest absolute Gasteiger partial charge is 0.256 e. The smallest absolute Gasteiger partial charge is 0.234 e. The average Bonchev–Trinajstić information content (AvgIpc) is 3.48. The van der Waals surface area contributed by atoms with Crippen molar-refractivity contribution in [1.82, 2.24) is 4.57 Å². The maximum Gasteiger partial charge on any atom is 0.256 e. The van der Waals surface area contributed by atoms with Gasteiger partial charge in [0, 0.05) is 6.42 Å². The van der Waals surface area contributed by atoms with Crippen molar-refractivity contribution < 1.29 is 4.57 Å². The van der Waals surface area contributed by atoms with E-state index in [-0.39, 0.29) is 0 Å². The molecule has 1 aromatic carbocycles. The van der Waals surface area contributed by atoms with Crippen LogP contribution in [-0.2, 0) is 19.5 Å². The van der Waals surface area contributed by atoms with E-state index in [1.807, 2.05) is 0 Å². The minimum Gasteiger partial charge on any atom is -0.234 e. The van der Waals surface area contributed by atoms with Gasteiger partial charge in [-0.15, -0.1) is 0 Å². The molecule has 0 bridgehead atoms. The first kappa shape index (κ1) is 42.6. The summed E-state index contributed by atoms with van der Waals surface area (Å²) in [4.78, 5) is 0. The molecule has 276 valence electrons. The van der Waals surface area contributed by atoms with Gasteiger partial charge in [-0.2, -0.15) is 0 Å². The molecule has 2 rings (SSSR count). The van der Waals surface area contributed by atoms with E-state index in [0.29, 0.717) is 0 Å². The lowest BCUT2D eigenvalue weighted by Crippen LogP contribution is -2.37. The van der Waals surface area contributed by atoms with Crippen LogP contribution in [-0.4, -0.2) is 4.57 Å². The van der Waals surface area contributed by atoms with E-state index in [2.05, 4.69) is 65.7 Å². The second-order valence-electron chi connectivity index (χ2n) is 15.4. The van der Waals surface area contributed by atoms with Crippen molar-refractivity contribution in [2.75, 3.05) is 0 Å². The molecule has 0 N–H and O–H groups in total. The molecule has 0 aliphatic rings. The van der Waals surface area contributed by atoms with Gasteiger partial charge in [0.05, 0.1) is 6.54 Å². The van der Waals surface area contributed by atoms with E-state index < -0.39 is 0 Å². The Hall–Kier alpha value is -1.57. The first-order valence-electron chi connectivity index (χ1n) is 22.0. The SMILES string of the molecule is CCCCCCCCCCCCCCCCCCCc1n(Cc2ccccc2)cc[n+]1CCCCCCCCCCCCCCCCC. The molecule has 0 atom stereocenters. The van der Waals surface area contributed by atoms with Crippen molar-refractivity contribution in [3.8, 4) is 0 Å². The summed E-state index contributed by atoms with van der Waals surface area (Å²) in [5.74, 6) is 1.55. The van der Waals surface area contributed by atoms with Crippen LogP contribution in [0.15, 0.2) is 42.7 Å². The highest BCUT2D eigenvalue weighted by Gasteiger charge is 2.17. The molecule has 0 fully saturated rings. The maximum absolute atomic E-state index is 2.59. The number of benzene rings is 1. The minimum absolute atomic E-state index is 1.00. The Morgan fingerprint density at radius 1 is 0.417 bits per heavy atom. The zero-order chi connectivity index (χ0) is 34.0. The Bertz CT molecular complexity index is 915. The fourth-order valence-electron chi connectivity index (χ4n) is 7.57. The summed E-state index contributed by atoms with van der Waals surface area (Å²) in [5.41, 5.74) is 1.41. The summed E-state index contributed by atoms with van der Waals surface area (Å²) in [7, 11) is 0. The number of nitrogens with zero attached hydrogens (tertiary/aromatic N) is 2. The Morgan fingerprint density at radius 2 is 0.771 bits per heavy atom. The molecule has 2 nitrogen and oxygen atoms in total. The van der Waals surface area contributed by atoms with Gasteiger partial charge in [0.25, 0.3) is 5.82 Å². The van der Waals surface area contributed by atoms with Gasteiger partial charge in [0.2, 0.25) is 0 Å². The van der Waals surface area contributed by atoms with Gasteiger partial charge in [-0.3, -0.25) is 0 Å². The van der Waals surface area contributed by atoms with Crippen LogP contribution in [0, 0.1) is 0 Å². The molecule has 2 aromatic rings. The number of hydrogen-bond donors (Lipinski definition) is 0. The van der Waals surface area contributed by atoms with Gasteiger partial charge in [0.15, 0.2) is 0 Å². The summed E-state index contributed by atoms with van der Waals surface area (Å²) in [6.07, 6.45) is 51.9. The fraction of sp³-hybridized carbons (Fsp3) is 0.804. The Balaban J connectivity index is 1.53. The number of hydrogen-bond acceptors (Lipinski definition) is 0. The Labute approximate surface area is 301 Å². The number of unbranched alkanes of at least 4 members (excludes halogenated alkanes) is 30. The number of rotatable bonds is 36. The van der Waals surface area contributed by atoms with Crippen molar-refractivity contribution >= 4 is 0 Å². The second-order valence-corrected chi connectivity index (χ2v) is 15.4. The number of imidazole rings is 1. The fourth-order valence-corrected chi connectivity index (χ4v) is 7.57. The zero-order valence-electron chi connectivity index (χ0n) is 32.7. The highest BCUT2D eigenvalue weighted by atomic mass is 15.1. The topological polar surface area (TPSA) is 8.81 Å². The van der Waals surface area contributed by atoms with E-state index in [0.717, 1.165) is 6.54 Å². The standard InChI is InChI=1S/C46H83N2/c1-3-5-7-9-11-13-15-17-19-20-21-23-25-27-29-31-36-40-46-47(42-43-48(46)44-45-38-34-33-35-39-45)41-37-32-30-28-26-24-22-18-16-14-12-10-8-6-4-2/h33-35,38-39,42-43H,3-32,36-37,40-41,44H2,1-2H3/q+1. The van der Waals surface area contributed by atoms with E-state index in [1.54, 1.807) is 5.82 Å². The summed E-state index contributed by atoms with van der Waals surface area (Å²) in [6.45, 7) is 6.81. The average molecular weight is 664 g/mol. The summed E-state index contributed by atoms with van der Waals surface area (Å²) in [6, 6.07) is 11.0. The third-order valence-electron chi connectivity index (χ3n) is 10.8. The predicted octanol–water partition coefficient (Wildman–Crippen LogP) is 14.9. The maximum atomic E-state index is 2.59. The molecule has 2 heteroatoms. The highest BCUT2D eigenvalue weighted by Crippen LogP contribution is 2.16. The summed E-state index contributed by atoms with van der Waals surface area (Å²) < 4.78 is 5.13. The van der Waals surface area contributed by atoms with E-state index in [1.165, 1.54) is 224 Å². The third-order valence-corrected chi connectivity index (χ3v) is 10.8. The number of aromatic nitrogens is 2. The molecule has 0 amide bonds. The zero-order valence-corrected chi connectivity index (χ0v) is 32.7. The molecule has 0 saturated heterocycles. The Kier molecular flexibility index (Phi) is 29.0. The molecule has 0 aliphatic carbocycles. The molecule has 0 spiro atoms. The van der Waals surface area contributed by atoms with Crippen molar-refractivity contribution in [3.05, 3.63) is 54.1 Å². The quantitative estimate of drug-likeness (QED) is 0.0507. The minimum atomic E-state index is 1.00. The predicted molar refractivity (Wildman–Crippen MR) is 213 cm³/mol. The Morgan fingerprint density at radius 3 is 1.17 bits per heavy atom. The van der Waals surface area contributed by atoms with Crippen LogP contribution < -0.4 is 4.57 Å². The molecular weight excluding hydrogens is 581 g/mol. The molecule has 0 saturated carbocycles. The summed E-state index contributed by atoms with van der Waals surface area (Å²) >= 11 is 0. The molecular formula is C46H83N2+. The third kappa shape index (κ3) is 23.7. The molecule has 48 heavy (non-hydrogen) atoms. The van der Waals surface area contributed by atoms with Crippen LogP contribution in [0.5, 0.6) is 0 Å². The second kappa shape index (κ2) is 32.6. The van der Waals surface area contributed by atoms with Crippen LogP contribution in [0.4, 0.5) is 0 Å². The van der Waals surface area contributed by atoms with Crippen LogP contribution in [0.2, 0.25) is 0 Å². The monoisotopic (exact) mass is 664 g/mol. The molecule has 0 unspecified atom stereocenters. The van der Waals surface area contributed by atoms with Crippen molar-refractivity contribution in [2.24, 2.45) is 0 Å². The van der Waals surface area contributed by atoms with Gasteiger partial charge >= 0.3 is 0 Å². The van der Waals surface area contributed by atoms with Crippen molar-refractivity contribution in [2.45, 2.75) is 239 Å². The van der Waals surface area contributed by atoms with E-state index in [4.69, 9.17) is 0 Å². The van der Waals surface area contributed by atoms with Gasteiger partial charge in [0.1, 0.15) is 18.9 Å². The lowest BCUT2D eigenvalue weighted by Gasteiger charge is -2.07. The van der Waals surface area contributed by atoms with Crippen molar-refractivity contribution in [3.63, 3.8) is 0 Å². The van der Waals surface area contributed by atoms with Crippen molar-refractivity contribution in [1.29, 1.82) is 0 Å². The highest BCUT2D eigenvalue weighted by molar-refractivity contribution is 5.15. The number of aryl methyl sites for hydroxylation is 1. The lowest BCUT2D eigenvalue weighted by atomic mass is 10.0. The molecule has 1 aromatic heterocycles. The summed E-state index contributed by atoms with van der Waals surface area (Å²) in [5, 5.41) is 0. The first-order chi connectivity index (χ1) is 23.8. The van der Waals surface area contributed by atoms with Crippen LogP contribution in [0.25, 0.3) is 0 Å². The molecule has 0 aliphatic heterocycles. The van der Waals surface area contributed by atoms with E-state index >= 15 is 0 Å². The molecule has 0 radical (unpaired) electrons. The van der Waals surface area contributed by atoms with Gasteiger partial charge < -0.3 is 0 Å². The van der Waals surface area contributed by atoms with E-state index in [9.17, 15) is 0 Å². The van der Waals surface area contributed by atoms with Gasteiger partial charge in [-0.1, -0.05) is 230 Å². The molecule has 1 heterocycles.